The topological polar surface area (TPSA) is 29.5 Å². The average molecular weight is 196 g/mol. The van der Waals surface area contributed by atoms with Gasteiger partial charge in [0.25, 0.3) is 0 Å². The maximum atomic E-state index is 10.4. The summed E-state index contributed by atoms with van der Waals surface area (Å²) in [5, 5.41) is 10.4. The minimum atomic E-state index is -0.711. The van der Waals surface area contributed by atoms with Crippen LogP contribution in [0.3, 0.4) is 0 Å². The highest BCUT2D eigenvalue weighted by molar-refractivity contribution is 5.13. The van der Waals surface area contributed by atoms with Crippen LogP contribution in [-0.4, -0.2) is 17.3 Å². The van der Waals surface area contributed by atoms with Gasteiger partial charge in [-0.05, 0) is 31.8 Å². The Morgan fingerprint density at radius 2 is 2.07 bits per heavy atom. The zero-order valence-electron chi connectivity index (χ0n) is 8.96. The van der Waals surface area contributed by atoms with Crippen LogP contribution >= 0.6 is 0 Å². The van der Waals surface area contributed by atoms with E-state index in [-0.39, 0.29) is 0 Å². The minimum absolute atomic E-state index is 0.403. The summed E-state index contributed by atoms with van der Waals surface area (Å²) >= 11 is 0. The molecular formula is C12H20O2. The van der Waals surface area contributed by atoms with E-state index in [1.807, 2.05) is 6.92 Å². The molecule has 80 valence electrons. The van der Waals surface area contributed by atoms with Gasteiger partial charge in [-0.2, -0.15) is 0 Å². The van der Waals surface area contributed by atoms with Crippen LogP contribution in [0.4, 0.5) is 0 Å². The first kappa shape index (κ1) is 10.0. The predicted octanol–water partition coefficient (Wildman–Crippen LogP) is 2.62. The molecule has 14 heavy (non-hydrogen) atoms. The Hall–Kier alpha value is -0.500. The Morgan fingerprint density at radius 3 is 2.64 bits per heavy atom. The van der Waals surface area contributed by atoms with Gasteiger partial charge in [0.1, 0.15) is 11.4 Å². The van der Waals surface area contributed by atoms with Gasteiger partial charge < -0.3 is 9.84 Å². The molecule has 0 amide bonds. The van der Waals surface area contributed by atoms with Gasteiger partial charge in [0.15, 0.2) is 0 Å². The summed E-state index contributed by atoms with van der Waals surface area (Å²) in [6.45, 7) is 2.67. The molecular weight excluding hydrogens is 176 g/mol. The third-order valence-electron chi connectivity index (χ3n) is 3.60. The quantitative estimate of drug-likeness (QED) is 0.735. The van der Waals surface area contributed by atoms with Crippen molar-refractivity contribution in [2.75, 3.05) is 6.61 Å². The largest absolute Gasteiger partial charge is 0.495 e. The average Bonchev–Trinajstić information content (AvgIpc) is 2.72. The van der Waals surface area contributed by atoms with E-state index in [4.69, 9.17) is 4.74 Å². The maximum absolute atomic E-state index is 10.4. The van der Waals surface area contributed by atoms with Gasteiger partial charge in [-0.15, -0.1) is 0 Å². The molecule has 2 rings (SSSR count). The lowest BCUT2D eigenvalue weighted by Crippen LogP contribution is -2.38. The fraction of sp³-hybridized carbons (Fsp3) is 0.833. The highest BCUT2D eigenvalue weighted by atomic mass is 16.5. The van der Waals surface area contributed by atoms with Crippen LogP contribution in [0, 0.1) is 5.92 Å². The molecule has 0 aromatic rings. The molecule has 0 bridgehead atoms. The van der Waals surface area contributed by atoms with Crippen LogP contribution in [0.15, 0.2) is 11.8 Å². The molecule has 2 heteroatoms. The molecule has 1 aliphatic carbocycles. The highest BCUT2D eigenvalue weighted by Gasteiger charge is 2.38. The second kappa shape index (κ2) is 3.93. The monoisotopic (exact) mass is 196 g/mol. The van der Waals surface area contributed by atoms with Crippen molar-refractivity contribution in [1.82, 2.24) is 0 Å². The van der Waals surface area contributed by atoms with Crippen LogP contribution in [-0.2, 0) is 4.74 Å². The van der Waals surface area contributed by atoms with Crippen LogP contribution in [0.1, 0.15) is 45.4 Å². The summed E-state index contributed by atoms with van der Waals surface area (Å²) in [5.41, 5.74) is -0.711. The molecule has 1 unspecified atom stereocenters. The molecule has 2 nitrogen and oxygen atoms in total. The smallest absolute Gasteiger partial charge is 0.124 e. The lowest BCUT2D eigenvalue weighted by atomic mass is 9.77. The van der Waals surface area contributed by atoms with Crippen molar-refractivity contribution in [1.29, 1.82) is 0 Å². The fourth-order valence-electron chi connectivity index (χ4n) is 2.64. The van der Waals surface area contributed by atoms with E-state index < -0.39 is 5.60 Å². The predicted molar refractivity (Wildman–Crippen MR) is 55.9 cm³/mol. The zero-order chi connectivity index (χ0) is 10.0. The van der Waals surface area contributed by atoms with E-state index in [1.54, 1.807) is 0 Å². The molecule has 2 aliphatic rings. The third-order valence-corrected chi connectivity index (χ3v) is 3.60. The molecule has 0 aromatic carbocycles. The Labute approximate surface area is 86.0 Å². The summed E-state index contributed by atoms with van der Waals surface area (Å²) in [6, 6.07) is 0. The van der Waals surface area contributed by atoms with Crippen molar-refractivity contribution < 1.29 is 9.84 Å². The first-order valence-electron chi connectivity index (χ1n) is 5.77. The SMILES string of the molecule is CC(O)(C1=CCCO1)C1CCCCC1. The van der Waals surface area contributed by atoms with Crippen LogP contribution in [0.25, 0.3) is 0 Å². The molecule has 1 atom stereocenters. The van der Waals surface area contributed by atoms with Crippen molar-refractivity contribution in [2.45, 2.75) is 51.0 Å². The van der Waals surface area contributed by atoms with Crippen molar-refractivity contribution in [3.8, 4) is 0 Å². The highest BCUT2D eigenvalue weighted by Crippen LogP contribution is 2.38. The zero-order valence-corrected chi connectivity index (χ0v) is 8.96. The Kier molecular flexibility index (Phi) is 2.82. The summed E-state index contributed by atoms with van der Waals surface area (Å²) in [4.78, 5) is 0. The number of hydrogen-bond donors (Lipinski definition) is 1. The number of aliphatic hydroxyl groups is 1. The molecule has 0 saturated heterocycles. The van der Waals surface area contributed by atoms with Crippen LogP contribution in [0.2, 0.25) is 0 Å². The molecule has 1 saturated carbocycles. The normalized spacial score (nSPS) is 28.0. The van der Waals surface area contributed by atoms with Gasteiger partial charge in [0.2, 0.25) is 0 Å². The summed E-state index contributed by atoms with van der Waals surface area (Å²) < 4.78 is 5.48. The van der Waals surface area contributed by atoms with E-state index in [2.05, 4.69) is 6.08 Å². The third kappa shape index (κ3) is 1.81. The van der Waals surface area contributed by atoms with Crippen LogP contribution < -0.4 is 0 Å². The van der Waals surface area contributed by atoms with Crippen molar-refractivity contribution >= 4 is 0 Å². The number of ether oxygens (including phenoxy) is 1. The molecule has 1 N–H and O–H groups in total. The number of hydrogen-bond acceptors (Lipinski definition) is 2. The molecule has 1 fully saturated rings. The van der Waals surface area contributed by atoms with Gasteiger partial charge in [-0.25, -0.2) is 0 Å². The second-order valence-electron chi connectivity index (χ2n) is 4.69. The van der Waals surface area contributed by atoms with E-state index in [1.165, 1.54) is 19.3 Å². The number of rotatable bonds is 2. The summed E-state index contributed by atoms with van der Waals surface area (Å²) in [5.74, 6) is 1.23. The Balaban J connectivity index is 2.05. The Bertz CT molecular complexity index is 224. The van der Waals surface area contributed by atoms with Crippen LogP contribution in [0.5, 0.6) is 0 Å². The van der Waals surface area contributed by atoms with Gasteiger partial charge in [-0.1, -0.05) is 19.3 Å². The minimum Gasteiger partial charge on any atom is -0.495 e. The lowest BCUT2D eigenvalue weighted by Gasteiger charge is -2.35. The molecule has 0 radical (unpaired) electrons. The van der Waals surface area contributed by atoms with Crippen molar-refractivity contribution in [3.63, 3.8) is 0 Å². The van der Waals surface area contributed by atoms with Crippen molar-refractivity contribution in [3.05, 3.63) is 11.8 Å². The first-order chi connectivity index (χ1) is 6.71. The summed E-state index contributed by atoms with van der Waals surface area (Å²) in [6.07, 6.45) is 9.14. The molecule has 1 heterocycles. The van der Waals surface area contributed by atoms with Gasteiger partial charge >= 0.3 is 0 Å². The van der Waals surface area contributed by atoms with Crippen molar-refractivity contribution in [2.24, 2.45) is 5.92 Å². The molecule has 1 aliphatic heterocycles. The molecule has 0 spiro atoms. The van der Waals surface area contributed by atoms with E-state index in [9.17, 15) is 5.11 Å². The van der Waals surface area contributed by atoms with E-state index in [0.29, 0.717) is 5.92 Å². The molecule has 0 aromatic heterocycles. The second-order valence-corrected chi connectivity index (χ2v) is 4.69. The lowest BCUT2D eigenvalue weighted by molar-refractivity contribution is -0.0265. The Morgan fingerprint density at radius 1 is 1.36 bits per heavy atom. The summed E-state index contributed by atoms with van der Waals surface area (Å²) in [7, 11) is 0. The fourth-order valence-corrected chi connectivity index (χ4v) is 2.64. The van der Waals surface area contributed by atoms with Gasteiger partial charge in [0, 0.05) is 6.42 Å². The standard InChI is InChI=1S/C12H20O2/c1-12(13,11-8-5-9-14-11)10-6-3-2-4-7-10/h8,10,13H,2-7,9H2,1H3. The van der Waals surface area contributed by atoms with Gasteiger partial charge in [0.05, 0.1) is 6.61 Å². The maximum Gasteiger partial charge on any atom is 0.124 e. The van der Waals surface area contributed by atoms with E-state index >= 15 is 0 Å². The van der Waals surface area contributed by atoms with E-state index in [0.717, 1.165) is 31.6 Å². The first-order valence-corrected chi connectivity index (χ1v) is 5.77. The van der Waals surface area contributed by atoms with Gasteiger partial charge in [-0.3, -0.25) is 0 Å².